The zero-order valence-electron chi connectivity index (χ0n) is 72.2. The molecular formula is C98H105N21O6S3. The molecule has 30 heteroatoms. The fraction of sp³-hybridized carbons (Fsp3) is 0.378. The van der Waals surface area contributed by atoms with Crippen LogP contribution in [-0.4, -0.2) is 134 Å². The van der Waals surface area contributed by atoms with E-state index in [-0.39, 0.29) is 54.2 Å². The van der Waals surface area contributed by atoms with Gasteiger partial charge in [0.05, 0.1) is 89.8 Å². The van der Waals surface area contributed by atoms with Crippen LogP contribution in [0.3, 0.4) is 0 Å². The normalized spacial score (nSPS) is 19.1. The van der Waals surface area contributed by atoms with Gasteiger partial charge in [-0.05, 0) is 253 Å². The maximum absolute atomic E-state index is 12.3. The van der Waals surface area contributed by atoms with Crippen molar-refractivity contribution in [3.8, 4) is 0 Å². The molecule has 0 saturated heterocycles. The fourth-order valence-electron chi connectivity index (χ4n) is 17.1. The largest absolute Gasteiger partial charge is 0.362 e. The molecule has 2 amide bonds. The maximum atomic E-state index is 12.3. The topological polar surface area (TPSA) is 370 Å². The van der Waals surface area contributed by atoms with Crippen LogP contribution in [0.1, 0.15) is 215 Å². The third-order valence-corrected chi connectivity index (χ3v) is 27.3. The number of thiazole rings is 3. The smallest absolute Gasteiger partial charge is 0.232 e. The molecule has 5 saturated carbocycles. The molecule has 656 valence electrons. The van der Waals surface area contributed by atoms with Gasteiger partial charge in [0.2, 0.25) is 11.8 Å². The molecule has 0 atom stereocenters. The Bertz CT molecular complexity index is 5470. The maximum Gasteiger partial charge on any atom is 0.232 e. The van der Waals surface area contributed by atoms with Crippen LogP contribution in [-0.2, 0) is 106 Å². The van der Waals surface area contributed by atoms with E-state index in [1.165, 1.54) is 40.3 Å². The summed E-state index contributed by atoms with van der Waals surface area (Å²) >= 11 is 5.10. The van der Waals surface area contributed by atoms with E-state index < -0.39 is 0 Å². The van der Waals surface area contributed by atoms with Gasteiger partial charge in [-0.3, -0.25) is 48.7 Å². The van der Waals surface area contributed by atoms with Crippen molar-refractivity contribution < 1.29 is 28.8 Å². The van der Waals surface area contributed by atoms with Crippen molar-refractivity contribution in [1.82, 2.24) is 85.9 Å². The van der Waals surface area contributed by atoms with Crippen molar-refractivity contribution in [2.24, 2.45) is 23.2 Å². The van der Waals surface area contributed by atoms with Crippen LogP contribution in [0.25, 0.3) is 0 Å². The number of ketones is 4. The molecule has 18 rings (SSSR count). The number of anilines is 4. The number of aromatic nitrogens is 17. The third-order valence-electron chi connectivity index (χ3n) is 23.9. The summed E-state index contributed by atoms with van der Waals surface area (Å²) in [4.78, 5) is 107. The number of benzene rings is 1. The Hall–Kier alpha value is -12.7. The quantitative estimate of drug-likeness (QED) is 0.0283. The Kier molecular flexibility index (Phi) is 31.4. The van der Waals surface area contributed by atoms with E-state index in [1.54, 1.807) is 58.8 Å². The Balaban J connectivity index is 0.000000132. The van der Waals surface area contributed by atoms with Gasteiger partial charge >= 0.3 is 0 Å². The Morgan fingerprint density at radius 2 is 0.648 bits per heavy atom. The second kappa shape index (κ2) is 44.7. The number of hydrogen-bond donors (Lipinski definition) is 4. The average molecular weight is 1770 g/mol. The highest BCUT2D eigenvalue weighted by Gasteiger charge is 2.54. The number of nitrogens with zero attached hydrogens (tertiary/aromatic N) is 17. The molecule has 0 bridgehead atoms. The molecule has 0 aliphatic heterocycles. The van der Waals surface area contributed by atoms with E-state index in [2.05, 4.69) is 121 Å². The first-order valence-electron chi connectivity index (χ1n) is 44.3. The number of hydrogen-bond acceptors (Lipinski definition) is 28. The lowest BCUT2D eigenvalue weighted by Gasteiger charge is -2.57. The van der Waals surface area contributed by atoms with Gasteiger partial charge in [-0.1, -0.05) is 61.5 Å². The predicted molar refractivity (Wildman–Crippen MR) is 493 cm³/mol. The molecule has 13 aromatic rings. The molecule has 1 spiro atoms. The molecule has 12 heterocycles. The zero-order valence-corrected chi connectivity index (χ0v) is 74.7. The van der Waals surface area contributed by atoms with Crippen LogP contribution in [0.4, 0.5) is 21.2 Å². The lowest BCUT2D eigenvalue weighted by molar-refractivity contribution is -0.118. The van der Waals surface area contributed by atoms with Crippen molar-refractivity contribution in [1.29, 1.82) is 0 Å². The van der Waals surface area contributed by atoms with Gasteiger partial charge in [-0.25, -0.2) is 15.0 Å². The van der Waals surface area contributed by atoms with E-state index >= 15 is 0 Å². The van der Waals surface area contributed by atoms with Crippen molar-refractivity contribution in [3.63, 3.8) is 0 Å². The molecule has 4 N–H and O–H groups in total. The predicted octanol–water partition coefficient (Wildman–Crippen LogP) is 16.1. The summed E-state index contributed by atoms with van der Waals surface area (Å²) in [5.74, 6) is 5.17. The molecule has 5 fully saturated rings. The zero-order chi connectivity index (χ0) is 88.4. The van der Waals surface area contributed by atoms with Gasteiger partial charge in [0.25, 0.3) is 0 Å². The highest BCUT2D eigenvalue weighted by molar-refractivity contribution is 7.16. The van der Waals surface area contributed by atoms with Gasteiger partial charge < -0.3 is 21.3 Å². The van der Waals surface area contributed by atoms with Gasteiger partial charge in [0.15, 0.2) is 21.2 Å². The minimum atomic E-state index is -0.161. The van der Waals surface area contributed by atoms with Crippen molar-refractivity contribution in [2.45, 2.75) is 198 Å². The first-order valence-corrected chi connectivity index (χ1v) is 46.7. The summed E-state index contributed by atoms with van der Waals surface area (Å²) in [5.41, 5.74) is 12.3. The molecular weight excluding hydrogens is 1660 g/mol. The summed E-state index contributed by atoms with van der Waals surface area (Å²) in [6, 6.07) is 51.6. The number of nitrogens with one attached hydrogen (secondary N) is 4. The van der Waals surface area contributed by atoms with Crippen molar-refractivity contribution in [3.05, 3.63) is 301 Å². The molecule has 0 unspecified atom stereocenters. The van der Waals surface area contributed by atoms with Crippen LogP contribution < -0.4 is 21.3 Å². The van der Waals surface area contributed by atoms with E-state index in [9.17, 15) is 28.8 Å². The van der Waals surface area contributed by atoms with Crippen LogP contribution in [0, 0.1) is 23.2 Å². The molecule has 0 radical (unpaired) electrons. The van der Waals surface area contributed by atoms with Crippen LogP contribution in [0.15, 0.2) is 207 Å². The average Bonchev–Trinajstić information content (AvgIpc) is 0.745. The molecule has 27 nitrogen and oxygen atoms in total. The Morgan fingerprint density at radius 3 is 1.02 bits per heavy atom. The summed E-state index contributed by atoms with van der Waals surface area (Å²) in [5, 5.41) is 58.0. The number of carbonyl (C=O) groups excluding carboxylic acids is 6. The van der Waals surface area contributed by atoms with Crippen molar-refractivity contribution >= 4 is 90.2 Å². The number of rotatable bonds is 36. The molecule has 128 heavy (non-hydrogen) atoms. The highest BCUT2D eigenvalue weighted by atomic mass is 32.1. The summed E-state index contributed by atoms with van der Waals surface area (Å²) in [6.07, 6.45) is 30.1. The van der Waals surface area contributed by atoms with Crippen LogP contribution in [0.2, 0.25) is 0 Å². The first kappa shape index (κ1) is 90.1. The van der Waals surface area contributed by atoms with E-state index in [1.807, 2.05) is 189 Å². The van der Waals surface area contributed by atoms with Gasteiger partial charge in [0.1, 0.15) is 23.1 Å². The second-order valence-electron chi connectivity index (χ2n) is 34.0. The Morgan fingerprint density at radius 1 is 0.312 bits per heavy atom. The summed E-state index contributed by atoms with van der Waals surface area (Å²) in [6.45, 7) is 7.85. The molecule has 12 aromatic heterocycles. The van der Waals surface area contributed by atoms with E-state index in [4.69, 9.17) is 0 Å². The Labute approximate surface area is 756 Å². The highest BCUT2D eigenvalue weighted by Crippen LogP contribution is 2.66. The van der Waals surface area contributed by atoms with Crippen LogP contribution >= 0.6 is 34.0 Å². The van der Waals surface area contributed by atoms with Gasteiger partial charge in [-0.2, -0.15) is 45.9 Å². The van der Waals surface area contributed by atoms with E-state index in [0.717, 1.165) is 149 Å². The summed E-state index contributed by atoms with van der Waals surface area (Å²) in [7, 11) is 0. The minimum Gasteiger partial charge on any atom is -0.362 e. The molecule has 5 aliphatic carbocycles. The van der Waals surface area contributed by atoms with Gasteiger partial charge in [-0.15, -0.1) is 39.1 Å². The number of carbonyl (C=O) groups is 6. The fourth-order valence-corrected chi connectivity index (χ4v) is 20.1. The summed E-state index contributed by atoms with van der Waals surface area (Å²) < 4.78 is 0. The lowest BCUT2D eigenvalue weighted by Crippen LogP contribution is -2.46. The first-order chi connectivity index (χ1) is 62.5. The SMILES string of the molecule is CCC(=O)Cc1ccc(CC2CC(c3cnc(NC(=O)Cc4ccccn4)s3)C2)nn1.CCNc1ncc(C2CC(Cc3ccc(CC(=O)Cc4ccccc4)nn3)C2)s1.CCNc1ncc(C2CC(Cc3ccc(CC(=O)Cc4ccccn4)nn3)C2)s1.O=C(Cc1ccccn1)Cc1ccc(C2CC3(C2)CC(c2ccc(NC(=O)Cc4ccccn4)nn2)C3)nn1. The molecule has 5 aliphatic rings. The lowest BCUT2D eigenvalue weighted by atomic mass is 9.47. The number of amides is 2. The number of pyridine rings is 4. The third kappa shape index (κ3) is 26.5. The van der Waals surface area contributed by atoms with Gasteiger partial charge in [0, 0.05) is 131 Å². The van der Waals surface area contributed by atoms with Crippen LogP contribution in [0.5, 0.6) is 0 Å². The monoisotopic (exact) mass is 1770 g/mol. The minimum absolute atomic E-state index is 0.0850. The van der Waals surface area contributed by atoms with E-state index in [0.29, 0.717) is 120 Å². The number of Topliss-reactive ketones (excluding diaryl/α,β-unsaturated/α-hetero) is 4. The van der Waals surface area contributed by atoms with Crippen molar-refractivity contribution in [2.75, 3.05) is 34.4 Å². The molecule has 1 aromatic carbocycles. The second-order valence-corrected chi connectivity index (χ2v) is 37.2. The standard InChI is InChI=1S/C30H29N7O2.C23H25N5O2S.C23H26N4OS.C22H25N5OS/c38-25(13-22-5-1-3-11-31-22)14-24-7-8-26(35-34-24)20-16-30(17-20)18-21(19-30)27-9-10-28(37-36-27)33-29(39)15-23-6-2-4-12-32-23;1-2-20(29)12-19-7-6-18(27-28-19)11-15-9-16(10-15)21-14-25-23(31-21)26-22(30)13-17-5-3-4-8-24-17;1-2-24-23-25-15-22(29-23)18-10-17(11-18)12-19-8-9-20(27-26-19)14-21(28)13-16-6-4-3-5-7-16;1-2-23-22-25-14-21(29-22)16-9-15(10-16)11-18-6-7-19(27-26-18)13-20(28)12-17-5-3-4-8-24-17/h1-12,20-21H,13-19H2,(H,33,37,39);3-8,14-16H,2,9-13H2,1H3,(H,25,26,30);3-9,15,17-18H,2,10-14H2,1H3,(H,24,25);3-8,14-16H,2,9-13H2,1H3,(H,23,25).